The van der Waals surface area contributed by atoms with Crippen LogP contribution < -0.4 is 15.1 Å². The van der Waals surface area contributed by atoms with E-state index < -0.39 is 0 Å². The van der Waals surface area contributed by atoms with Gasteiger partial charge in [-0.1, -0.05) is 18.2 Å². The minimum Gasteiger partial charge on any atom is -0.391 e. The Morgan fingerprint density at radius 2 is 2.12 bits per heavy atom. The van der Waals surface area contributed by atoms with Gasteiger partial charge in [-0.05, 0) is 30.5 Å². The van der Waals surface area contributed by atoms with Crippen molar-refractivity contribution in [3.8, 4) is 0 Å². The minimum absolute atomic E-state index is 0.244. The molecular weight excluding hydrogens is 302 g/mol. The second kappa shape index (κ2) is 6.65. The van der Waals surface area contributed by atoms with Crippen LogP contribution in [0.25, 0.3) is 0 Å². The molecule has 4 rings (SSSR count). The molecule has 126 valence electrons. The van der Waals surface area contributed by atoms with E-state index in [1.807, 2.05) is 6.07 Å². The Balaban J connectivity index is 1.34. The Morgan fingerprint density at radius 1 is 1.21 bits per heavy atom. The highest BCUT2D eigenvalue weighted by Gasteiger charge is 2.21. The molecule has 0 saturated carbocycles. The maximum atomic E-state index is 9.67. The lowest BCUT2D eigenvalue weighted by Gasteiger charge is -2.20. The molecule has 3 heterocycles. The summed E-state index contributed by atoms with van der Waals surface area (Å²) in [5.74, 6) is 1.54. The smallest absolute Gasteiger partial charge is 0.224 e. The van der Waals surface area contributed by atoms with Crippen molar-refractivity contribution < 1.29 is 5.11 Å². The molecule has 0 radical (unpaired) electrons. The fraction of sp³-hybridized carbons (Fsp3) is 0.444. The number of fused-ring (bicyclic) bond motifs is 1. The Bertz CT molecular complexity index is 707. The van der Waals surface area contributed by atoms with Gasteiger partial charge in [-0.15, -0.1) is 0 Å². The second-order valence-corrected chi connectivity index (χ2v) is 6.42. The van der Waals surface area contributed by atoms with Gasteiger partial charge in [0.25, 0.3) is 0 Å². The van der Waals surface area contributed by atoms with Crippen LogP contribution in [-0.4, -0.2) is 53.9 Å². The van der Waals surface area contributed by atoms with Gasteiger partial charge < -0.3 is 20.2 Å². The van der Waals surface area contributed by atoms with Crippen LogP contribution >= 0.6 is 0 Å². The predicted octanol–water partition coefficient (Wildman–Crippen LogP) is 1.52. The molecule has 1 fully saturated rings. The molecule has 2 N–H and O–H groups in total. The molecule has 0 amide bonds. The summed E-state index contributed by atoms with van der Waals surface area (Å²) in [7, 11) is 0. The molecule has 0 bridgehead atoms. The van der Waals surface area contributed by atoms with Crippen molar-refractivity contribution in [1.82, 2.24) is 9.97 Å². The van der Waals surface area contributed by atoms with Crippen LogP contribution in [0.5, 0.6) is 0 Å². The van der Waals surface area contributed by atoms with Crippen LogP contribution in [-0.2, 0) is 6.42 Å². The summed E-state index contributed by atoms with van der Waals surface area (Å²) < 4.78 is 0. The summed E-state index contributed by atoms with van der Waals surface area (Å²) in [5.41, 5.74) is 2.78. The lowest BCUT2D eigenvalue weighted by molar-refractivity contribution is 0.198. The van der Waals surface area contributed by atoms with Gasteiger partial charge in [0, 0.05) is 44.6 Å². The maximum absolute atomic E-state index is 9.67. The first-order valence-electron chi connectivity index (χ1n) is 8.62. The number of aliphatic hydroxyl groups is 1. The molecule has 24 heavy (non-hydrogen) atoms. The van der Waals surface area contributed by atoms with E-state index in [0.717, 1.165) is 44.8 Å². The molecule has 0 spiro atoms. The number of para-hydroxylation sites is 1. The number of nitrogens with one attached hydrogen (secondary N) is 1. The van der Waals surface area contributed by atoms with Crippen molar-refractivity contribution in [2.45, 2.75) is 18.9 Å². The Hall–Kier alpha value is -2.34. The molecule has 1 aromatic heterocycles. The first-order valence-corrected chi connectivity index (χ1v) is 8.62. The lowest BCUT2D eigenvalue weighted by Crippen LogP contribution is -2.28. The first-order chi connectivity index (χ1) is 11.8. The number of nitrogens with zero attached hydrogens (tertiary/aromatic N) is 4. The fourth-order valence-electron chi connectivity index (χ4n) is 3.50. The first kappa shape index (κ1) is 15.2. The van der Waals surface area contributed by atoms with Gasteiger partial charge in [0.2, 0.25) is 5.95 Å². The van der Waals surface area contributed by atoms with Gasteiger partial charge in [0.05, 0.1) is 6.10 Å². The molecular formula is C18H23N5O. The van der Waals surface area contributed by atoms with Crippen molar-refractivity contribution >= 4 is 17.5 Å². The van der Waals surface area contributed by atoms with Crippen molar-refractivity contribution in [3.63, 3.8) is 0 Å². The molecule has 6 nitrogen and oxygen atoms in total. The zero-order valence-corrected chi connectivity index (χ0v) is 13.7. The van der Waals surface area contributed by atoms with E-state index in [-0.39, 0.29) is 6.10 Å². The highest BCUT2D eigenvalue weighted by atomic mass is 16.3. The molecule has 0 aliphatic carbocycles. The number of anilines is 3. The number of aromatic nitrogens is 2. The number of β-amino-alcohol motifs (C(OH)–C–C–N with tert-alkyl or cyclic N) is 1. The predicted molar refractivity (Wildman–Crippen MR) is 95.7 cm³/mol. The second-order valence-electron chi connectivity index (χ2n) is 6.42. The zero-order chi connectivity index (χ0) is 16.4. The Kier molecular flexibility index (Phi) is 4.21. The van der Waals surface area contributed by atoms with E-state index in [1.165, 1.54) is 11.3 Å². The van der Waals surface area contributed by atoms with E-state index in [9.17, 15) is 5.11 Å². The van der Waals surface area contributed by atoms with Crippen molar-refractivity contribution in [3.05, 3.63) is 42.1 Å². The van der Waals surface area contributed by atoms with Gasteiger partial charge in [-0.25, -0.2) is 4.98 Å². The number of hydrogen-bond acceptors (Lipinski definition) is 6. The molecule has 1 saturated heterocycles. The molecule has 2 aromatic rings. The monoisotopic (exact) mass is 325 g/mol. The SMILES string of the molecule is O[C@H]1CCN(c2ccnc(NCCN3CCc4ccccc43)n2)C1. The van der Waals surface area contributed by atoms with Gasteiger partial charge in [-0.3, -0.25) is 0 Å². The summed E-state index contributed by atoms with van der Waals surface area (Å²) in [6.07, 6.45) is 3.47. The third-order valence-electron chi connectivity index (χ3n) is 4.78. The highest BCUT2D eigenvalue weighted by Crippen LogP contribution is 2.26. The quantitative estimate of drug-likeness (QED) is 0.869. The fourth-order valence-corrected chi connectivity index (χ4v) is 3.50. The van der Waals surface area contributed by atoms with Crippen molar-refractivity contribution in [2.75, 3.05) is 47.8 Å². The van der Waals surface area contributed by atoms with Crippen LogP contribution in [0.2, 0.25) is 0 Å². The standard InChI is InChI=1S/C18H23N5O/c24-15-7-11-23(13-15)17-5-8-19-18(21-17)20-9-12-22-10-6-14-3-1-2-4-16(14)22/h1-5,8,15,24H,6-7,9-13H2,(H,19,20,21)/t15-/m0/s1. The molecule has 2 aliphatic rings. The maximum Gasteiger partial charge on any atom is 0.224 e. The summed E-state index contributed by atoms with van der Waals surface area (Å²) >= 11 is 0. The average Bonchev–Trinajstić information content (AvgIpc) is 3.22. The summed E-state index contributed by atoms with van der Waals surface area (Å²) in [5, 5.41) is 13.0. The molecule has 0 unspecified atom stereocenters. The van der Waals surface area contributed by atoms with Crippen molar-refractivity contribution in [2.24, 2.45) is 0 Å². The van der Waals surface area contributed by atoms with Gasteiger partial charge in [-0.2, -0.15) is 4.98 Å². The number of benzene rings is 1. The van der Waals surface area contributed by atoms with E-state index in [4.69, 9.17) is 0 Å². The average molecular weight is 325 g/mol. The Labute approximate surface area is 142 Å². The minimum atomic E-state index is -0.244. The lowest BCUT2D eigenvalue weighted by atomic mass is 10.2. The summed E-state index contributed by atoms with van der Waals surface area (Å²) in [6, 6.07) is 10.5. The molecule has 1 atom stereocenters. The van der Waals surface area contributed by atoms with Gasteiger partial charge >= 0.3 is 0 Å². The van der Waals surface area contributed by atoms with Gasteiger partial charge in [0.1, 0.15) is 5.82 Å². The molecule has 6 heteroatoms. The van der Waals surface area contributed by atoms with E-state index in [1.54, 1.807) is 6.20 Å². The van der Waals surface area contributed by atoms with Crippen LogP contribution in [0, 0.1) is 0 Å². The van der Waals surface area contributed by atoms with E-state index >= 15 is 0 Å². The zero-order valence-electron chi connectivity index (χ0n) is 13.7. The number of hydrogen-bond donors (Lipinski definition) is 2. The topological polar surface area (TPSA) is 64.5 Å². The van der Waals surface area contributed by atoms with Crippen LogP contribution in [0.4, 0.5) is 17.5 Å². The van der Waals surface area contributed by atoms with E-state index in [0.29, 0.717) is 12.5 Å². The largest absolute Gasteiger partial charge is 0.391 e. The third kappa shape index (κ3) is 3.14. The highest BCUT2D eigenvalue weighted by molar-refractivity contribution is 5.57. The molecule has 1 aromatic carbocycles. The van der Waals surface area contributed by atoms with E-state index in [2.05, 4.69) is 49.4 Å². The molecule has 2 aliphatic heterocycles. The number of aliphatic hydroxyl groups excluding tert-OH is 1. The summed E-state index contributed by atoms with van der Waals surface area (Å²) in [4.78, 5) is 13.4. The van der Waals surface area contributed by atoms with Crippen molar-refractivity contribution in [1.29, 1.82) is 0 Å². The number of rotatable bonds is 5. The van der Waals surface area contributed by atoms with Crippen LogP contribution in [0.15, 0.2) is 36.5 Å². The Morgan fingerprint density at radius 3 is 3.00 bits per heavy atom. The van der Waals surface area contributed by atoms with Crippen LogP contribution in [0.3, 0.4) is 0 Å². The third-order valence-corrected chi connectivity index (χ3v) is 4.78. The summed E-state index contributed by atoms with van der Waals surface area (Å²) in [6.45, 7) is 4.32. The van der Waals surface area contributed by atoms with Crippen LogP contribution in [0.1, 0.15) is 12.0 Å². The normalized spacial score (nSPS) is 19.6. The van der Waals surface area contributed by atoms with Gasteiger partial charge in [0.15, 0.2) is 0 Å².